The van der Waals surface area contributed by atoms with Gasteiger partial charge in [0.2, 0.25) is 17.7 Å². The van der Waals surface area contributed by atoms with Crippen LogP contribution in [0, 0.1) is 0 Å². The molecule has 1 aromatic carbocycles. The van der Waals surface area contributed by atoms with Gasteiger partial charge in [-0.05, 0) is 5.56 Å². The average Bonchev–Trinajstić information content (AvgIpc) is 2.82. The van der Waals surface area contributed by atoms with Crippen molar-refractivity contribution in [2.75, 3.05) is 0 Å². The Kier molecular flexibility index (Phi) is 4.88. The largest absolute Gasteiger partial charge is 0.349 e. The highest BCUT2D eigenvalue weighted by Gasteiger charge is 2.39. The number of amides is 4. The van der Waals surface area contributed by atoms with Crippen LogP contribution in [0.15, 0.2) is 30.3 Å². The van der Waals surface area contributed by atoms with Crippen LogP contribution < -0.4 is 10.6 Å². The monoisotopic (exact) mass is 303 g/mol. The van der Waals surface area contributed by atoms with Crippen molar-refractivity contribution in [3.8, 4) is 0 Å². The van der Waals surface area contributed by atoms with Crippen LogP contribution in [0.25, 0.3) is 0 Å². The van der Waals surface area contributed by atoms with E-state index in [1.807, 2.05) is 30.3 Å². The van der Waals surface area contributed by atoms with Crippen LogP contribution in [0.3, 0.4) is 0 Å². The number of carbonyl (C=O) groups is 4. The lowest BCUT2D eigenvalue weighted by Crippen LogP contribution is -2.57. The summed E-state index contributed by atoms with van der Waals surface area (Å²) in [6.45, 7) is 1.47. The first kappa shape index (κ1) is 15.7. The summed E-state index contributed by atoms with van der Waals surface area (Å²) in [5.41, 5.74) is 0.872. The van der Waals surface area contributed by atoms with E-state index in [2.05, 4.69) is 10.6 Å². The summed E-state index contributed by atoms with van der Waals surface area (Å²) in [6, 6.07) is 9.19. The minimum Gasteiger partial charge on any atom is -0.349 e. The number of rotatable bonds is 5. The SMILES string of the molecule is CC(=O)NC(C(=O)NCc1ccccc1)N1C(=O)CCC1=O. The second-order valence-electron chi connectivity index (χ2n) is 4.96. The Labute approximate surface area is 127 Å². The van der Waals surface area contributed by atoms with E-state index in [9.17, 15) is 19.2 Å². The van der Waals surface area contributed by atoms with Crippen LogP contribution in [0.5, 0.6) is 0 Å². The number of nitrogens with one attached hydrogen (secondary N) is 2. The predicted octanol–water partition coefficient (Wildman–Crippen LogP) is -0.0860. The molecule has 0 aliphatic carbocycles. The average molecular weight is 303 g/mol. The van der Waals surface area contributed by atoms with E-state index >= 15 is 0 Å². The first-order chi connectivity index (χ1) is 10.5. The number of benzene rings is 1. The third kappa shape index (κ3) is 3.69. The van der Waals surface area contributed by atoms with Gasteiger partial charge in [-0.25, -0.2) is 0 Å². The maximum Gasteiger partial charge on any atom is 0.264 e. The van der Waals surface area contributed by atoms with Crippen LogP contribution in [0.2, 0.25) is 0 Å². The molecule has 22 heavy (non-hydrogen) atoms. The zero-order valence-corrected chi connectivity index (χ0v) is 12.2. The Morgan fingerprint density at radius 2 is 1.73 bits per heavy atom. The molecule has 1 unspecified atom stereocenters. The molecule has 116 valence electrons. The molecule has 1 fully saturated rings. The fraction of sp³-hybridized carbons (Fsp3) is 0.333. The molecule has 1 aliphatic heterocycles. The molecule has 7 heteroatoms. The maximum absolute atomic E-state index is 12.3. The van der Waals surface area contributed by atoms with Gasteiger partial charge in [-0.15, -0.1) is 0 Å². The van der Waals surface area contributed by atoms with Gasteiger partial charge in [0, 0.05) is 26.3 Å². The molecule has 1 aromatic rings. The van der Waals surface area contributed by atoms with Gasteiger partial charge in [0.25, 0.3) is 5.91 Å². The van der Waals surface area contributed by atoms with E-state index in [4.69, 9.17) is 0 Å². The second kappa shape index (κ2) is 6.84. The fourth-order valence-electron chi connectivity index (χ4n) is 2.20. The Balaban J connectivity index is 2.08. The second-order valence-corrected chi connectivity index (χ2v) is 4.96. The van der Waals surface area contributed by atoms with Crippen molar-refractivity contribution in [2.45, 2.75) is 32.5 Å². The van der Waals surface area contributed by atoms with Gasteiger partial charge in [0.1, 0.15) is 0 Å². The van der Waals surface area contributed by atoms with Crippen LogP contribution >= 0.6 is 0 Å². The Bertz CT molecular complexity index is 584. The molecular weight excluding hydrogens is 286 g/mol. The first-order valence-corrected chi connectivity index (χ1v) is 6.92. The zero-order chi connectivity index (χ0) is 16.1. The molecule has 4 amide bonds. The van der Waals surface area contributed by atoms with Crippen molar-refractivity contribution in [1.29, 1.82) is 0 Å². The molecule has 0 radical (unpaired) electrons. The molecule has 0 bridgehead atoms. The van der Waals surface area contributed by atoms with E-state index in [0.717, 1.165) is 10.5 Å². The summed E-state index contributed by atoms with van der Waals surface area (Å²) in [7, 11) is 0. The summed E-state index contributed by atoms with van der Waals surface area (Å²) >= 11 is 0. The predicted molar refractivity (Wildman–Crippen MR) is 77.0 cm³/mol. The number of carbonyl (C=O) groups excluding carboxylic acids is 4. The van der Waals surface area contributed by atoms with Gasteiger partial charge in [-0.1, -0.05) is 30.3 Å². The van der Waals surface area contributed by atoms with E-state index in [1.165, 1.54) is 6.92 Å². The molecule has 0 spiro atoms. The quantitative estimate of drug-likeness (QED) is 0.743. The highest BCUT2D eigenvalue weighted by molar-refractivity contribution is 6.06. The number of imide groups is 1. The van der Waals surface area contributed by atoms with E-state index < -0.39 is 29.8 Å². The smallest absolute Gasteiger partial charge is 0.264 e. The molecule has 7 nitrogen and oxygen atoms in total. The van der Waals surface area contributed by atoms with Crippen LogP contribution in [-0.2, 0) is 25.7 Å². The molecule has 1 heterocycles. The van der Waals surface area contributed by atoms with Gasteiger partial charge in [0.15, 0.2) is 6.17 Å². The third-order valence-electron chi connectivity index (χ3n) is 3.25. The van der Waals surface area contributed by atoms with Gasteiger partial charge in [0.05, 0.1) is 0 Å². The number of hydrogen-bond acceptors (Lipinski definition) is 4. The van der Waals surface area contributed by atoms with Crippen LogP contribution in [-0.4, -0.2) is 34.7 Å². The van der Waals surface area contributed by atoms with E-state index in [1.54, 1.807) is 0 Å². The summed E-state index contributed by atoms with van der Waals surface area (Å²) in [5.74, 6) is -2.01. The van der Waals surface area contributed by atoms with E-state index in [0.29, 0.717) is 0 Å². The molecule has 2 rings (SSSR count). The summed E-state index contributed by atoms with van der Waals surface area (Å²) in [6.07, 6.45) is -1.19. The molecule has 0 saturated carbocycles. The van der Waals surface area contributed by atoms with Crippen molar-refractivity contribution < 1.29 is 19.2 Å². The minimum atomic E-state index is -1.30. The lowest BCUT2D eigenvalue weighted by Gasteiger charge is -2.25. The van der Waals surface area contributed by atoms with Crippen molar-refractivity contribution in [2.24, 2.45) is 0 Å². The molecule has 1 atom stereocenters. The standard InChI is InChI=1S/C15H17N3O4/c1-10(19)17-14(18-12(20)7-8-13(18)21)15(22)16-9-11-5-3-2-4-6-11/h2-6,14H,7-9H2,1H3,(H,16,22)(H,17,19). The number of nitrogens with zero attached hydrogens (tertiary/aromatic N) is 1. The number of likely N-dealkylation sites (tertiary alicyclic amines) is 1. The van der Waals surface area contributed by atoms with E-state index in [-0.39, 0.29) is 19.4 Å². The third-order valence-corrected chi connectivity index (χ3v) is 3.25. The highest BCUT2D eigenvalue weighted by Crippen LogP contribution is 2.14. The molecule has 1 aliphatic rings. The maximum atomic E-state index is 12.3. The molecule has 0 aromatic heterocycles. The van der Waals surface area contributed by atoms with Crippen LogP contribution in [0.1, 0.15) is 25.3 Å². The van der Waals surface area contributed by atoms with Gasteiger partial charge in [-0.3, -0.25) is 24.1 Å². The van der Waals surface area contributed by atoms with Gasteiger partial charge >= 0.3 is 0 Å². The van der Waals surface area contributed by atoms with Crippen molar-refractivity contribution in [1.82, 2.24) is 15.5 Å². The minimum absolute atomic E-state index is 0.0564. The molecule has 2 N–H and O–H groups in total. The summed E-state index contributed by atoms with van der Waals surface area (Å²) in [5, 5.41) is 4.97. The van der Waals surface area contributed by atoms with Crippen molar-refractivity contribution in [3.63, 3.8) is 0 Å². The van der Waals surface area contributed by atoms with Crippen molar-refractivity contribution >= 4 is 23.6 Å². The van der Waals surface area contributed by atoms with Gasteiger partial charge in [-0.2, -0.15) is 0 Å². The molecular formula is C15H17N3O4. The highest BCUT2D eigenvalue weighted by atomic mass is 16.2. The first-order valence-electron chi connectivity index (χ1n) is 6.92. The zero-order valence-electron chi connectivity index (χ0n) is 12.2. The fourth-order valence-corrected chi connectivity index (χ4v) is 2.20. The van der Waals surface area contributed by atoms with Crippen LogP contribution in [0.4, 0.5) is 0 Å². The Morgan fingerprint density at radius 1 is 1.14 bits per heavy atom. The summed E-state index contributed by atoms with van der Waals surface area (Å²) < 4.78 is 0. The molecule has 1 saturated heterocycles. The van der Waals surface area contributed by atoms with Crippen molar-refractivity contribution in [3.05, 3.63) is 35.9 Å². The number of hydrogen-bond donors (Lipinski definition) is 2. The Hall–Kier alpha value is -2.70. The lowest BCUT2D eigenvalue weighted by molar-refractivity contribution is -0.149. The topological polar surface area (TPSA) is 95.6 Å². The summed E-state index contributed by atoms with van der Waals surface area (Å²) in [4.78, 5) is 47.9. The lowest BCUT2D eigenvalue weighted by atomic mass is 10.2. The normalized spacial score (nSPS) is 15.6. The van der Waals surface area contributed by atoms with Gasteiger partial charge < -0.3 is 10.6 Å². The Morgan fingerprint density at radius 3 is 2.27 bits per heavy atom.